The number of benzene rings is 1. The Balaban J connectivity index is 1.98. The number of ketones is 1. The highest BCUT2D eigenvalue weighted by Gasteiger charge is 2.39. The molecule has 0 saturated carbocycles. The molecular weight excluding hydrogens is 431 g/mol. The summed E-state index contributed by atoms with van der Waals surface area (Å²) in [4.78, 5) is 24.4. The lowest BCUT2D eigenvalue weighted by atomic mass is 9.94. The van der Waals surface area contributed by atoms with Crippen LogP contribution in [0.3, 0.4) is 0 Å². The Hall–Kier alpha value is -2.49. The maximum Gasteiger partial charge on any atom is 0.316 e. The van der Waals surface area contributed by atoms with E-state index < -0.39 is 27.9 Å². The van der Waals surface area contributed by atoms with E-state index in [1.54, 1.807) is 0 Å². The van der Waals surface area contributed by atoms with Crippen LogP contribution in [-0.4, -0.2) is 26.5 Å². The molecule has 8 nitrogen and oxygen atoms in total. The molecule has 1 atom stereocenters. The summed E-state index contributed by atoms with van der Waals surface area (Å²) in [5.74, 6) is -1.02. The van der Waals surface area contributed by atoms with Gasteiger partial charge in [0.1, 0.15) is 11.5 Å². The van der Waals surface area contributed by atoms with Crippen molar-refractivity contribution in [3.8, 4) is 0 Å². The van der Waals surface area contributed by atoms with Crippen LogP contribution in [0.4, 0.5) is 4.79 Å². The average Bonchev–Trinajstić information content (AvgIpc) is 2.90. The molecule has 3 N–H and O–H groups in total. The first-order chi connectivity index (χ1) is 13.0. The van der Waals surface area contributed by atoms with Gasteiger partial charge in [0.25, 0.3) is 0 Å². The van der Waals surface area contributed by atoms with Crippen LogP contribution in [0.1, 0.15) is 16.8 Å². The van der Waals surface area contributed by atoms with Crippen LogP contribution >= 0.6 is 23.2 Å². The van der Waals surface area contributed by atoms with Crippen molar-refractivity contribution >= 4 is 45.1 Å². The number of amides is 2. The largest absolute Gasteiger partial charge is 0.455 e. The van der Waals surface area contributed by atoms with Crippen molar-refractivity contribution in [2.75, 3.05) is 6.26 Å². The first kappa shape index (κ1) is 20.2. The van der Waals surface area contributed by atoms with E-state index >= 15 is 0 Å². The zero-order valence-electron chi connectivity index (χ0n) is 14.4. The Morgan fingerprint density at radius 2 is 2.04 bits per heavy atom. The number of Topliss-reactive ketones (excluding diaryl/α,β-unsaturated/α-hetero) is 1. The third-order valence-corrected chi connectivity index (χ3v) is 4.93. The van der Waals surface area contributed by atoms with E-state index in [4.69, 9.17) is 37.9 Å². The van der Waals surface area contributed by atoms with Crippen molar-refractivity contribution in [3.05, 3.63) is 68.9 Å². The zero-order valence-corrected chi connectivity index (χ0v) is 16.7. The maximum atomic E-state index is 13.0. The van der Waals surface area contributed by atoms with Gasteiger partial charge in [0.05, 0.1) is 22.9 Å². The lowest BCUT2D eigenvalue weighted by molar-refractivity contribution is 0.0964. The van der Waals surface area contributed by atoms with Crippen molar-refractivity contribution in [2.45, 2.75) is 6.42 Å². The Bertz CT molecular complexity index is 1080. The lowest BCUT2D eigenvalue weighted by Gasteiger charge is -2.17. The summed E-state index contributed by atoms with van der Waals surface area (Å²) < 4.78 is 33.1. The third-order valence-electron chi connectivity index (χ3n) is 3.88. The Kier molecular flexibility index (Phi) is 5.42. The number of nitrogens with one attached hydrogen (secondary N) is 1. The van der Waals surface area contributed by atoms with Crippen molar-refractivity contribution in [1.82, 2.24) is 5.32 Å². The van der Waals surface area contributed by atoms with Crippen molar-refractivity contribution < 1.29 is 26.9 Å². The zero-order chi connectivity index (χ0) is 20.6. The molecule has 2 aliphatic rings. The van der Waals surface area contributed by atoms with Crippen molar-refractivity contribution in [3.63, 3.8) is 0 Å². The second kappa shape index (κ2) is 7.50. The highest BCUT2D eigenvalue weighted by molar-refractivity contribution is 7.86. The number of primary amides is 1. The summed E-state index contributed by atoms with van der Waals surface area (Å²) in [6.07, 6.45) is 3.97. The van der Waals surface area contributed by atoms with Gasteiger partial charge < -0.3 is 20.0 Å². The predicted molar refractivity (Wildman–Crippen MR) is 102 cm³/mol. The van der Waals surface area contributed by atoms with E-state index in [1.807, 2.05) is 0 Å². The minimum Gasteiger partial charge on any atom is -0.455 e. The van der Waals surface area contributed by atoms with Gasteiger partial charge >= 0.3 is 16.1 Å². The van der Waals surface area contributed by atoms with Gasteiger partial charge in [0, 0.05) is 16.7 Å². The summed E-state index contributed by atoms with van der Waals surface area (Å²) in [5, 5.41) is 2.87. The minimum atomic E-state index is -3.74. The Morgan fingerprint density at radius 1 is 1.32 bits per heavy atom. The maximum absolute atomic E-state index is 13.0. The molecule has 3 rings (SSSR count). The van der Waals surface area contributed by atoms with E-state index in [9.17, 15) is 18.0 Å². The van der Waals surface area contributed by atoms with Crippen LogP contribution in [0.15, 0.2) is 53.3 Å². The molecule has 0 spiro atoms. The number of allylic oxidation sites excluding steroid dienone is 3. The van der Waals surface area contributed by atoms with Gasteiger partial charge in [-0.05, 0) is 30.7 Å². The molecule has 0 bridgehead atoms. The highest BCUT2D eigenvalue weighted by Crippen LogP contribution is 2.41. The molecule has 1 aromatic rings. The molecule has 1 aliphatic carbocycles. The van der Waals surface area contributed by atoms with Crippen molar-refractivity contribution in [1.29, 1.82) is 0 Å². The first-order valence-electron chi connectivity index (χ1n) is 7.84. The number of carbonyl (C=O) groups is 2. The van der Waals surface area contributed by atoms with E-state index in [1.165, 1.54) is 30.4 Å². The van der Waals surface area contributed by atoms with Gasteiger partial charge in [-0.15, -0.1) is 0 Å². The smallest absolute Gasteiger partial charge is 0.316 e. The van der Waals surface area contributed by atoms with Crippen LogP contribution < -0.4 is 11.1 Å². The number of hydrogen-bond donors (Lipinski definition) is 2. The molecular formula is C17H14Cl2N2O6S. The van der Waals surface area contributed by atoms with Gasteiger partial charge in [-0.2, -0.15) is 8.42 Å². The van der Waals surface area contributed by atoms with Crippen LogP contribution in [0, 0.1) is 5.92 Å². The van der Waals surface area contributed by atoms with E-state index in [2.05, 4.69) is 5.32 Å². The molecule has 0 aromatic heterocycles. The van der Waals surface area contributed by atoms with Gasteiger partial charge in [-0.3, -0.25) is 4.79 Å². The fourth-order valence-corrected chi connectivity index (χ4v) is 3.78. The molecule has 0 radical (unpaired) electrons. The molecule has 1 aromatic carbocycles. The number of fused-ring (bicyclic) bond motifs is 1. The van der Waals surface area contributed by atoms with Gasteiger partial charge in [-0.1, -0.05) is 23.2 Å². The van der Waals surface area contributed by atoms with Crippen LogP contribution in [0.5, 0.6) is 0 Å². The summed E-state index contributed by atoms with van der Waals surface area (Å²) in [6, 6.07) is 3.44. The molecule has 1 heterocycles. The van der Waals surface area contributed by atoms with Gasteiger partial charge in [0.15, 0.2) is 5.76 Å². The quantitative estimate of drug-likeness (QED) is 0.531. The van der Waals surface area contributed by atoms with Crippen molar-refractivity contribution in [2.24, 2.45) is 11.7 Å². The normalized spacial score (nSPS) is 18.6. The summed E-state index contributed by atoms with van der Waals surface area (Å²) in [7, 11) is -3.74. The van der Waals surface area contributed by atoms with Crippen LogP contribution in [-0.2, 0) is 19.0 Å². The molecule has 0 fully saturated rings. The van der Waals surface area contributed by atoms with Crippen LogP contribution in [0.2, 0.25) is 10.0 Å². The lowest BCUT2D eigenvalue weighted by Crippen LogP contribution is -2.32. The second-order valence-electron chi connectivity index (χ2n) is 6.02. The number of carbonyl (C=O) groups excluding carboxylic acids is 2. The number of hydrogen-bond acceptors (Lipinski definition) is 6. The molecule has 2 amide bonds. The predicted octanol–water partition coefficient (Wildman–Crippen LogP) is 2.85. The molecule has 148 valence electrons. The number of ether oxygens (including phenoxy) is 1. The van der Waals surface area contributed by atoms with Gasteiger partial charge in [0.2, 0.25) is 5.78 Å². The summed E-state index contributed by atoms with van der Waals surface area (Å²) in [5.41, 5.74) is 5.49. The molecule has 0 saturated heterocycles. The second-order valence-corrected chi connectivity index (χ2v) is 8.43. The van der Waals surface area contributed by atoms with Gasteiger partial charge in [-0.25, -0.2) is 4.79 Å². The van der Waals surface area contributed by atoms with E-state index in [0.29, 0.717) is 5.02 Å². The summed E-state index contributed by atoms with van der Waals surface area (Å²) >= 11 is 12.0. The highest BCUT2D eigenvalue weighted by atomic mass is 35.5. The van der Waals surface area contributed by atoms with Crippen LogP contribution in [0.25, 0.3) is 0 Å². The SMILES string of the molecule is CS(=O)(=O)OC1=CCC2C(=C1)OC(C(=O)c1ccc(Cl)cc1Cl)=C2NC(N)=O. The Morgan fingerprint density at radius 3 is 2.64 bits per heavy atom. The number of rotatable bonds is 5. The number of halogens is 2. The molecule has 1 aliphatic heterocycles. The fraction of sp³-hybridized carbons (Fsp3) is 0.176. The molecule has 11 heteroatoms. The van der Waals surface area contributed by atoms with E-state index in [-0.39, 0.29) is 40.0 Å². The number of urea groups is 1. The monoisotopic (exact) mass is 444 g/mol. The molecule has 28 heavy (non-hydrogen) atoms. The summed E-state index contributed by atoms with van der Waals surface area (Å²) in [6.45, 7) is 0. The first-order valence-corrected chi connectivity index (χ1v) is 10.4. The standard InChI is InChI=1S/C17H14Cl2N2O6S/c1-28(24,25)27-9-3-5-11-13(7-9)26-16(14(11)21-17(20)23)15(22)10-4-2-8(18)6-12(10)19/h2-4,6-7,11H,5H2,1H3,(H3,20,21,23). The number of nitrogens with two attached hydrogens (primary N) is 1. The topological polar surface area (TPSA) is 125 Å². The molecule has 1 unspecified atom stereocenters. The van der Waals surface area contributed by atoms with E-state index in [0.717, 1.165) is 6.26 Å². The Labute approximate surface area is 170 Å². The fourth-order valence-electron chi connectivity index (χ4n) is 2.82. The third kappa shape index (κ3) is 4.32. The minimum absolute atomic E-state index is 0.0467. The average molecular weight is 445 g/mol.